The maximum absolute atomic E-state index is 13.2. The summed E-state index contributed by atoms with van der Waals surface area (Å²) >= 11 is 0. The summed E-state index contributed by atoms with van der Waals surface area (Å²) in [6.07, 6.45) is 2.53. The van der Waals surface area contributed by atoms with Gasteiger partial charge in [0.25, 0.3) is 0 Å². The Morgan fingerprint density at radius 3 is 2.68 bits per heavy atom. The smallest absolute Gasteiger partial charge is 0.324 e. The molecule has 0 spiro atoms. The second-order valence-corrected chi connectivity index (χ2v) is 9.89. The predicted octanol–water partition coefficient (Wildman–Crippen LogP) is 2.47. The number of carbonyl (C=O) groups excluding carboxylic acids is 1. The van der Waals surface area contributed by atoms with Gasteiger partial charge in [-0.25, -0.2) is 0 Å². The molecule has 2 aliphatic heterocycles. The molecule has 0 radical (unpaired) electrons. The Kier molecular flexibility index (Phi) is 6.03. The minimum Gasteiger partial charge on any atom is -0.459 e. The van der Waals surface area contributed by atoms with E-state index >= 15 is 0 Å². The Morgan fingerprint density at radius 2 is 2.03 bits per heavy atom. The van der Waals surface area contributed by atoms with Crippen molar-refractivity contribution in [3.63, 3.8) is 0 Å². The molecule has 1 aromatic carbocycles. The molecule has 3 fully saturated rings. The molecule has 0 amide bonds. The number of rotatable bonds is 5. The summed E-state index contributed by atoms with van der Waals surface area (Å²) in [5, 5.41) is 22.5. The lowest BCUT2D eigenvalue weighted by Crippen LogP contribution is -2.69. The molecule has 2 N–H and O–H groups in total. The van der Waals surface area contributed by atoms with Crippen LogP contribution in [0.25, 0.3) is 0 Å². The number of carbonyl (C=O) groups is 1. The zero-order valence-electron chi connectivity index (χ0n) is 19.0. The Bertz CT molecular complexity index is 838. The van der Waals surface area contributed by atoms with E-state index in [-0.39, 0.29) is 11.9 Å². The lowest BCUT2D eigenvalue weighted by atomic mass is 9.64. The summed E-state index contributed by atoms with van der Waals surface area (Å²) in [6.45, 7) is 6.50. The maximum atomic E-state index is 13.2. The van der Waals surface area contributed by atoms with Crippen molar-refractivity contribution < 1.29 is 24.5 Å². The van der Waals surface area contributed by atoms with E-state index in [1.807, 2.05) is 44.2 Å². The SMILES string of the molecule is CO[C@H]1C2[C@](O)(CC[C@H]1O)CN1[C@@H](Cc3ccccc3)C(=O)O[C@H](CC=C(C)C)[C@]21C. The van der Waals surface area contributed by atoms with E-state index in [9.17, 15) is 15.0 Å². The van der Waals surface area contributed by atoms with E-state index in [0.717, 1.165) is 11.1 Å². The van der Waals surface area contributed by atoms with Gasteiger partial charge in [0, 0.05) is 26.0 Å². The molecule has 3 aliphatic rings. The summed E-state index contributed by atoms with van der Waals surface area (Å²) in [7, 11) is 1.59. The van der Waals surface area contributed by atoms with E-state index in [2.05, 4.69) is 17.9 Å². The van der Waals surface area contributed by atoms with Gasteiger partial charge in [0.05, 0.1) is 23.3 Å². The van der Waals surface area contributed by atoms with Crippen LogP contribution in [0.3, 0.4) is 0 Å². The average molecular weight is 430 g/mol. The molecule has 6 heteroatoms. The van der Waals surface area contributed by atoms with Crippen molar-refractivity contribution in [2.24, 2.45) is 5.92 Å². The second-order valence-electron chi connectivity index (χ2n) is 9.89. The number of aliphatic hydroxyl groups is 2. The van der Waals surface area contributed by atoms with E-state index < -0.39 is 35.5 Å². The highest BCUT2D eigenvalue weighted by Crippen LogP contribution is 2.55. The molecule has 1 aromatic rings. The fraction of sp³-hybridized carbons (Fsp3) is 0.640. The molecular weight excluding hydrogens is 394 g/mol. The third-order valence-corrected chi connectivity index (χ3v) is 7.70. The van der Waals surface area contributed by atoms with Crippen LogP contribution < -0.4 is 0 Å². The van der Waals surface area contributed by atoms with Crippen molar-refractivity contribution in [1.82, 2.24) is 4.90 Å². The summed E-state index contributed by atoms with van der Waals surface area (Å²) < 4.78 is 11.8. The highest BCUT2D eigenvalue weighted by molar-refractivity contribution is 5.78. The first-order chi connectivity index (χ1) is 14.7. The van der Waals surface area contributed by atoms with Crippen LogP contribution in [0, 0.1) is 5.92 Å². The number of ether oxygens (including phenoxy) is 2. The second kappa shape index (κ2) is 8.32. The zero-order chi connectivity index (χ0) is 22.4. The summed E-state index contributed by atoms with van der Waals surface area (Å²) in [6, 6.07) is 9.43. The number of hydrogen-bond donors (Lipinski definition) is 2. The van der Waals surface area contributed by atoms with Crippen LogP contribution in [-0.4, -0.2) is 70.2 Å². The topological polar surface area (TPSA) is 79.2 Å². The average Bonchev–Trinajstić information content (AvgIpc) is 2.99. The first-order valence-corrected chi connectivity index (χ1v) is 11.3. The van der Waals surface area contributed by atoms with Gasteiger partial charge < -0.3 is 19.7 Å². The van der Waals surface area contributed by atoms with Crippen molar-refractivity contribution in [2.75, 3.05) is 13.7 Å². The Morgan fingerprint density at radius 1 is 1.32 bits per heavy atom. The Hall–Kier alpha value is -1.73. The third-order valence-electron chi connectivity index (χ3n) is 7.70. The van der Waals surface area contributed by atoms with Crippen LogP contribution in [0.1, 0.15) is 45.6 Å². The summed E-state index contributed by atoms with van der Waals surface area (Å²) in [5.74, 6) is -0.610. The number of morpholine rings is 1. The van der Waals surface area contributed by atoms with Gasteiger partial charge in [0.2, 0.25) is 0 Å². The molecule has 6 nitrogen and oxygen atoms in total. The van der Waals surface area contributed by atoms with Gasteiger partial charge >= 0.3 is 5.97 Å². The van der Waals surface area contributed by atoms with E-state index in [0.29, 0.717) is 32.2 Å². The van der Waals surface area contributed by atoms with Crippen molar-refractivity contribution in [3.05, 3.63) is 47.5 Å². The number of fused-ring (bicyclic) bond motifs is 3. The summed E-state index contributed by atoms with van der Waals surface area (Å²) in [5.41, 5.74) is 0.509. The van der Waals surface area contributed by atoms with Crippen molar-refractivity contribution in [2.45, 2.75) is 81.9 Å². The van der Waals surface area contributed by atoms with Crippen LogP contribution in [0.5, 0.6) is 0 Å². The van der Waals surface area contributed by atoms with Gasteiger partial charge in [-0.05, 0) is 45.6 Å². The zero-order valence-corrected chi connectivity index (χ0v) is 19.0. The Balaban J connectivity index is 1.77. The predicted molar refractivity (Wildman–Crippen MR) is 117 cm³/mol. The Labute approximate surface area is 184 Å². The van der Waals surface area contributed by atoms with Crippen LogP contribution >= 0.6 is 0 Å². The van der Waals surface area contributed by atoms with E-state index in [4.69, 9.17) is 9.47 Å². The van der Waals surface area contributed by atoms with Crippen LogP contribution in [0.4, 0.5) is 0 Å². The van der Waals surface area contributed by atoms with Gasteiger partial charge in [0.15, 0.2) is 0 Å². The number of cyclic esters (lactones) is 1. The lowest BCUT2D eigenvalue weighted by Gasteiger charge is -2.54. The van der Waals surface area contributed by atoms with Crippen molar-refractivity contribution in [3.8, 4) is 0 Å². The number of esters is 1. The van der Waals surface area contributed by atoms with Crippen LogP contribution in [0.15, 0.2) is 42.0 Å². The fourth-order valence-electron chi connectivity index (χ4n) is 6.19. The first-order valence-electron chi connectivity index (χ1n) is 11.3. The summed E-state index contributed by atoms with van der Waals surface area (Å²) in [4.78, 5) is 15.4. The van der Waals surface area contributed by atoms with Gasteiger partial charge in [-0.3, -0.25) is 9.69 Å². The molecule has 4 rings (SSSR count). The first kappa shape index (κ1) is 22.5. The van der Waals surface area contributed by atoms with Crippen molar-refractivity contribution in [1.29, 1.82) is 0 Å². The van der Waals surface area contributed by atoms with Crippen LogP contribution in [0.2, 0.25) is 0 Å². The molecule has 0 bridgehead atoms. The molecule has 1 unspecified atom stereocenters. The van der Waals surface area contributed by atoms with E-state index in [1.54, 1.807) is 7.11 Å². The van der Waals surface area contributed by atoms with Gasteiger partial charge in [-0.2, -0.15) is 0 Å². The van der Waals surface area contributed by atoms with Gasteiger partial charge in [-0.1, -0.05) is 42.0 Å². The number of β-amino-alcohol motifs (C(OH)–C–C–N with tert-alkyl or cyclic N) is 1. The molecule has 1 aliphatic carbocycles. The number of nitrogens with zero attached hydrogens (tertiary/aromatic N) is 1. The van der Waals surface area contributed by atoms with Gasteiger partial charge in [0.1, 0.15) is 12.1 Å². The normalized spacial score (nSPS) is 40.1. The molecule has 0 aromatic heterocycles. The maximum Gasteiger partial charge on any atom is 0.324 e. The number of aliphatic hydroxyl groups excluding tert-OH is 1. The largest absolute Gasteiger partial charge is 0.459 e. The minimum atomic E-state index is -1.04. The number of hydrogen-bond acceptors (Lipinski definition) is 6. The minimum absolute atomic E-state index is 0.245. The molecule has 31 heavy (non-hydrogen) atoms. The molecule has 2 heterocycles. The molecule has 2 saturated heterocycles. The quantitative estimate of drug-likeness (QED) is 0.553. The number of benzene rings is 1. The molecule has 7 atom stereocenters. The fourth-order valence-corrected chi connectivity index (χ4v) is 6.19. The molecular formula is C25H35NO5. The number of allylic oxidation sites excluding steroid dienone is 1. The number of methoxy groups -OCH3 is 1. The highest BCUT2D eigenvalue weighted by Gasteiger charge is 2.70. The van der Waals surface area contributed by atoms with Crippen molar-refractivity contribution >= 4 is 5.97 Å². The van der Waals surface area contributed by atoms with Crippen LogP contribution in [-0.2, 0) is 20.7 Å². The monoisotopic (exact) mass is 429 g/mol. The lowest BCUT2D eigenvalue weighted by molar-refractivity contribution is -0.202. The highest BCUT2D eigenvalue weighted by atomic mass is 16.6. The van der Waals surface area contributed by atoms with E-state index in [1.165, 1.54) is 0 Å². The standard InChI is InChI=1S/C25H35NO5/c1-16(2)10-11-20-24(3)22-21(30-4)19(27)12-13-25(22,29)15-26(24)18(23(28)31-20)14-17-8-6-5-7-9-17/h5-10,18-22,27,29H,11-15H2,1-4H3/t18-,19+,20+,21+,22?,24+,25-/m0/s1. The van der Waals surface area contributed by atoms with Gasteiger partial charge in [-0.15, -0.1) is 0 Å². The third kappa shape index (κ3) is 3.74. The molecule has 170 valence electrons. The molecule has 1 saturated carbocycles.